The fraction of sp³-hybridized carbons (Fsp3) is 0.286. The van der Waals surface area contributed by atoms with Crippen molar-refractivity contribution in [3.8, 4) is 0 Å². The number of hydrogen-bond donors (Lipinski definition) is 0. The molecule has 0 saturated carbocycles. The Labute approximate surface area is 178 Å². The molecule has 0 aromatic heterocycles. The molecule has 2 aromatic carbocycles. The number of allylic oxidation sites excluding steroid dienone is 2. The topological polar surface area (TPSA) is 116 Å². The van der Waals surface area contributed by atoms with Gasteiger partial charge in [0.05, 0.1) is 21.3 Å². The molecule has 1 saturated heterocycles. The zero-order chi connectivity index (χ0) is 22.2. The fourth-order valence-electron chi connectivity index (χ4n) is 3.94. The van der Waals surface area contributed by atoms with Gasteiger partial charge in [-0.25, -0.2) is 13.2 Å². The molecule has 2 aliphatic rings. The summed E-state index contributed by atoms with van der Waals surface area (Å²) >= 11 is 0. The lowest BCUT2D eigenvalue weighted by atomic mass is 9.91. The van der Waals surface area contributed by atoms with Crippen LogP contribution in [-0.2, 0) is 19.3 Å². The summed E-state index contributed by atoms with van der Waals surface area (Å²) in [7, 11) is -3.91. The van der Waals surface area contributed by atoms with Crippen molar-refractivity contribution in [1.82, 2.24) is 4.90 Å². The summed E-state index contributed by atoms with van der Waals surface area (Å²) in [6, 6.07) is 13.8. The first-order valence-corrected chi connectivity index (χ1v) is 11.1. The van der Waals surface area contributed by atoms with Crippen LogP contribution in [0.1, 0.15) is 24.8 Å². The molecule has 2 atom stereocenters. The molecule has 0 N–H and O–H groups in total. The Morgan fingerprint density at radius 2 is 1.77 bits per heavy atom. The van der Waals surface area contributed by atoms with Gasteiger partial charge in [-0.3, -0.25) is 15.0 Å². The largest absolute Gasteiger partial charge is 0.474 e. The van der Waals surface area contributed by atoms with Gasteiger partial charge in [0, 0.05) is 24.5 Å². The molecule has 4 rings (SSSR count). The molecule has 2 heterocycles. The third kappa shape index (κ3) is 3.86. The fourth-order valence-corrected chi connectivity index (χ4v) is 5.74. The minimum Gasteiger partial charge on any atom is -0.474 e. The Balaban J connectivity index is 1.81. The molecule has 0 bridgehead atoms. The molecule has 0 spiro atoms. The molecule has 2 aliphatic heterocycles. The quantitative estimate of drug-likeness (QED) is 0.511. The van der Waals surface area contributed by atoms with Crippen LogP contribution in [0.5, 0.6) is 0 Å². The van der Waals surface area contributed by atoms with Crippen LogP contribution < -0.4 is 0 Å². The van der Waals surface area contributed by atoms with E-state index in [-0.39, 0.29) is 34.3 Å². The highest BCUT2D eigenvalue weighted by molar-refractivity contribution is 7.95. The van der Waals surface area contributed by atoms with Crippen LogP contribution in [0.2, 0.25) is 0 Å². The van der Waals surface area contributed by atoms with Gasteiger partial charge in [0.2, 0.25) is 9.84 Å². The monoisotopic (exact) mass is 444 g/mol. The Bertz CT molecular complexity index is 1140. The third-order valence-corrected chi connectivity index (χ3v) is 7.45. The summed E-state index contributed by atoms with van der Waals surface area (Å²) in [5.74, 6) is -0.471. The van der Waals surface area contributed by atoms with Crippen molar-refractivity contribution in [2.45, 2.75) is 30.4 Å². The second kappa shape index (κ2) is 8.03. The average molecular weight is 444 g/mol. The highest BCUT2D eigenvalue weighted by Gasteiger charge is 2.42. The van der Waals surface area contributed by atoms with E-state index in [0.29, 0.717) is 12.1 Å². The first-order chi connectivity index (χ1) is 14.8. The van der Waals surface area contributed by atoms with E-state index < -0.39 is 33.0 Å². The van der Waals surface area contributed by atoms with Crippen molar-refractivity contribution in [2.75, 3.05) is 13.2 Å². The maximum atomic E-state index is 13.5. The number of hydrogen-bond acceptors (Lipinski definition) is 7. The second-order valence-electron chi connectivity index (χ2n) is 7.25. The number of nitrogens with zero attached hydrogens (tertiary/aromatic N) is 2. The highest BCUT2D eigenvalue weighted by Crippen LogP contribution is 2.43. The van der Waals surface area contributed by atoms with Crippen LogP contribution in [0, 0.1) is 10.1 Å². The zero-order valence-electron chi connectivity index (χ0n) is 16.6. The number of nitro benzene ring substituents is 1. The number of nitro groups is 1. The molecule has 9 nitrogen and oxygen atoms in total. The molecule has 10 heteroatoms. The van der Waals surface area contributed by atoms with E-state index >= 15 is 0 Å². The predicted molar refractivity (Wildman–Crippen MR) is 110 cm³/mol. The number of non-ortho nitro benzene ring substituents is 1. The van der Waals surface area contributed by atoms with E-state index in [1.54, 1.807) is 37.3 Å². The molecule has 31 heavy (non-hydrogen) atoms. The van der Waals surface area contributed by atoms with E-state index in [0.717, 1.165) is 0 Å². The molecule has 2 aromatic rings. The normalized spacial score (nSPS) is 21.6. The highest BCUT2D eigenvalue weighted by atomic mass is 32.2. The van der Waals surface area contributed by atoms with Crippen LogP contribution in [0.25, 0.3) is 0 Å². The molecule has 1 fully saturated rings. The Kier molecular flexibility index (Phi) is 5.40. The van der Waals surface area contributed by atoms with Gasteiger partial charge < -0.3 is 9.47 Å². The number of carbonyl (C=O) groups excluding carboxylic acids is 1. The Hall–Kier alpha value is -3.40. The van der Waals surface area contributed by atoms with Crippen LogP contribution >= 0.6 is 0 Å². The zero-order valence-corrected chi connectivity index (χ0v) is 17.4. The molecule has 0 aliphatic carbocycles. The van der Waals surface area contributed by atoms with Gasteiger partial charge in [-0.1, -0.05) is 30.3 Å². The van der Waals surface area contributed by atoms with Crippen LogP contribution in [-0.4, -0.2) is 43.7 Å². The lowest BCUT2D eigenvalue weighted by Crippen LogP contribution is -2.42. The molecular weight excluding hydrogens is 424 g/mol. The molecular formula is C21H20N2O7S. The number of amides is 1. The molecule has 0 radical (unpaired) electrons. The summed E-state index contributed by atoms with van der Waals surface area (Å²) < 4.78 is 37.9. The van der Waals surface area contributed by atoms with Gasteiger partial charge in [0.1, 0.15) is 12.4 Å². The summed E-state index contributed by atoms with van der Waals surface area (Å²) in [5, 5.41) is 11.0. The van der Waals surface area contributed by atoms with E-state index in [1.807, 2.05) is 0 Å². The van der Waals surface area contributed by atoms with E-state index in [1.165, 1.54) is 29.2 Å². The predicted octanol–water partition coefficient (Wildman–Crippen LogP) is 3.58. The lowest BCUT2D eigenvalue weighted by Gasteiger charge is -2.36. The number of carbonyl (C=O) groups is 1. The number of rotatable bonds is 5. The maximum Gasteiger partial charge on any atom is 0.412 e. The van der Waals surface area contributed by atoms with Gasteiger partial charge in [-0.15, -0.1) is 0 Å². The first-order valence-electron chi connectivity index (χ1n) is 9.64. The van der Waals surface area contributed by atoms with Crippen LogP contribution in [0.3, 0.4) is 0 Å². The van der Waals surface area contributed by atoms with Crippen LogP contribution in [0.15, 0.2) is 70.2 Å². The summed E-state index contributed by atoms with van der Waals surface area (Å²) in [6.45, 7) is 2.13. The summed E-state index contributed by atoms with van der Waals surface area (Å²) in [6.07, 6.45) is -1.05. The van der Waals surface area contributed by atoms with Crippen LogP contribution in [0.4, 0.5) is 10.5 Å². The Morgan fingerprint density at radius 1 is 1.10 bits per heavy atom. The smallest absolute Gasteiger partial charge is 0.412 e. The molecule has 0 unspecified atom stereocenters. The standard InChI is InChI=1S/C21H20N2O7S/c1-14-20(31(27,28)17-5-3-2-4-6-17)18(15-7-9-16(10-8-15)23(25)26)13-19(30-14)22-11-12-29-21(22)24/h2-10,18-19H,11-13H2,1H3/t18-,19+/m0/s1. The van der Waals surface area contributed by atoms with E-state index in [2.05, 4.69) is 0 Å². The summed E-state index contributed by atoms with van der Waals surface area (Å²) in [4.78, 5) is 24.2. The van der Waals surface area contributed by atoms with Gasteiger partial charge in [-0.05, 0) is 24.6 Å². The van der Waals surface area contributed by atoms with Gasteiger partial charge in [-0.2, -0.15) is 0 Å². The Morgan fingerprint density at radius 3 is 2.35 bits per heavy atom. The number of sulfone groups is 1. The average Bonchev–Trinajstić information content (AvgIpc) is 3.19. The van der Waals surface area contributed by atoms with Gasteiger partial charge >= 0.3 is 6.09 Å². The van der Waals surface area contributed by atoms with Crippen molar-refractivity contribution in [3.05, 3.63) is 80.9 Å². The van der Waals surface area contributed by atoms with Crippen molar-refractivity contribution in [3.63, 3.8) is 0 Å². The minimum atomic E-state index is -3.91. The summed E-state index contributed by atoms with van der Waals surface area (Å²) in [5.41, 5.74) is 0.490. The first kappa shape index (κ1) is 20.9. The lowest BCUT2D eigenvalue weighted by molar-refractivity contribution is -0.384. The van der Waals surface area contributed by atoms with Crippen molar-refractivity contribution >= 4 is 21.6 Å². The van der Waals surface area contributed by atoms with Gasteiger partial charge in [0.15, 0.2) is 6.23 Å². The van der Waals surface area contributed by atoms with Gasteiger partial charge in [0.25, 0.3) is 5.69 Å². The SMILES string of the molecule is CC1=C(S(=O)(=O)c2ccccc2)[C@H](c2ccc([N+](=O)[O-])cc2)C[C@H](N2CCOC2=O)O1. The number of ether oxygens (including phenoxy) is 2. The molecule has 1 amide bonds. The third-order valence-electron chi connectivity index (χ3n) is 5.40. The van der Waals surface area contributed by atoms with E-state index in [4.69, 9.17) is 9.47 Å². The second-order valence-corrected chi connectivity index (χ2v) is 9.17. The van der Waals surface area contributed by atoms with Crippen molar-refractivity contribution in [2.24, 2.45) is 0 Å². The van der Waals surface area contributed by atoms with Crippen molar-refractivity contribution < 1.29 is 27.6 Å². The van der Waals surface area contributed by atoms with Crippen molar-refractivity contribution in [1.29, 1.82) is 0 Å². The number of benzene rings is 2. The van der Waals surface area contributed by atoms with E-state index in [9.17, 15) is 23.3 Å². The molecule has 162 valence electrons. The minimum absolute atomic E-state index is 0.0800. The number of cyclic esters (lactones) is 1. The maximum absolute atomic E-state index is 13.5.